The van der Waals surface area contributed by atoms with Crippen LogP contribution in [0.15, 0.2) is 59.8 Å². The number of carbonyl (C=O) groups is 1. The zero-order valence-electron chi connectivity index (χ0n) is 16.5. The molecule has 0 saturated heterocycles. The molecule has 6 nitrogen and oxygen atoms in total. The third-order valence-electron chi connectivity index (χ3n) is 4.93. The van der Waals surface area contributed by atoms with Crippen molar-refractivity contribution in [3.8, 4) is 5.69 Å². The Morgan fingerprint density at radius 1 is 1.17 bits per heavy atom. The number of aryl methyl sites for hydroxylation is 1. The van der Waals surface area contributed by atoms with Crippen molar-refractivity contribution < 1.29 is 4.79 Å². The van der Waals surface area contributed by atoms with Crippen molar-refractivity contribution in [1.82, 2.24) is 25.5 Å². The summed E-state index contributed by atoms with van der Waals surface area (Å²) in [7, 11) is 0. The van der Waals surface area contributed by atoms with Gasteiger partial charge in [0.2, 0.25) is 11.1 Å². The molecule has 1 aliphatic carbocycles. The third kappa shape index (κ3) is 5.03. The first-order valence-corrected chi connectivity index (χ1v) is 11.0. The lowest BCUT2D eigenvalue weighted by Gasteiger charge is -2.16. The highest BCUT2D eigenvalue weighted by Crippen LogP contribution is 2.35. The van der Waals surface area contributed by atoms with Gasteiger partial charge in [-0.1, -0.05) is 67.6 Å². The molecule has 3 aromatic rings. The van der Waals surface area contributed by atoms with Crippen molar-refractivity contribution >= 4 is 17.7 Å². The highest BCUT2D eigenvalue weighted by Gasteiger charge is 2.30. The Bertz CT molecular complexity index is 937. The van der Waals surface area contributed by atoms with Crippen LogP contribution >= 0.6 is 11.8 Å². The molecule has 1 aliphatic rings. The van der Waals surface area contributed by atoms with Crippen LogP contribution < -0.4 is 5.32 Å². The maximum atomic E-state index is 12.9. The van der Waals surface area contributed by atoms with E-state index in [4.69, 9.17) is 0 Å². The first kappa shape index (κ1) is 19.6. The second-order valence-corrected chi connectivity index (χ2v) is 8.41. The van der Waals surface area contributed by atoms with Gasteiger partial charge < -0.3 is 5.32 Å². The molecule has 29 heavy (non-hydrogen) atoms. The fraction of sp³-hybridized carbons (Fsp3) is 0.364. The molecule has 1 fully saturated rings. The summed E-state index contributed by atoms with van der Waals surface area (Å²) < 4.78 is 1.70. The topological polar surface area (TPSA) is 72.7 Å². The minimum atomic E-state index is -0.398. The van der Waals surface area contributed by atoms with E-state index in [-0.39, 0.29) is 5.91 Å². The van der Waals surface area contributed by atoms with Crippen LogP contribution in [0.4, 0.5) is 0 Å². The Labute approximate surface area is 175 Å². The molecule has 150 valence electrons. The van der Waals surface area contributed by atoms with Gasteiger partial charge >= 0.3 is 0 Å². The number of amides is 1. The largest absolute Gasteiger partial charge is 0.352 e. The predicted octanol–water partition coefficient (Wildman–Crippen LogP) is 4.12. The molecule has 0 spiro atoms. The molecule has 4 rings (SSSR count). The summed E-state index contributed by atoms with van der Waals surface area (Å²) in [5.41, 5.74) is 3.15. The lowest BCUT2D eigenvalue weighted by atomic mass is 10.1. The van der Waals surface area contributed by atoms with Crippen LogP contribution in [0.25, 0.3) is 5.69 Å². The van der Waals surface area contributed by atoms with Gasteiger partial charge in [0.05, 0.1) is 5.69 Å². The lowest BCUT2D eigenvalue weighted by molar-refractivity contribution is -0.120. The lowest BCUT2D eigenvalue weighted by Crippen LogP contribution is -2.29. The van der Waals surface area contributed by atoms with E-state index < -0.39 is 5.25 Å². The Kier molecular flexibility index (Phi) is 6.24. The monoisotopic (exact) mass is 407 g/mol. The van der Waals surface area contributed by atoms with Crippen molar-refractivity contribution in [3.63, 3.8) is 0 Å². The fourth-order valence-corrected chi connectivity index (χ4v) is 4.11. The molecule has 1 atom stereocenters. The molecule has 2 aromatic carbocycles. The Morgan fingerprint density at radius 3 is 2.62 bits per heavy atom. The number of hydrogen-bond donors (Lipinski definition) is 1. The number of aromatic nitrogens is 4. The number of carbonyl (C=O) groups excluding carboxylic acids is 1. The van der Waals surface area contributed by atoms with Gasteiger partial charge in [0.1, 0.15) is 5.25 Å². The molecule has 1 heterocycles. The van der Waals surface area contributed by atoms with E-state index in [0.717, 1.165) is 30.5 Å². The standard InChI is InChI=1S/C22H25N5OS/c1-2-3-7-16-10-14-19(15-11-16)27-22(24-25-26-27)29-20(17-8-5-4-6-9-17)21(28)23-18-12-13-18/h4-6,8-11,14-15,18,20H,2-3,7,12-13H2,1H3,(H,23,28)/t20-/m0/s1. The molecular weight excluding hydrogens is 382 g/mol. The Hall–Kier alpha value is -2.67. The van der Waals surface area contributed by atoms with Gasteiger partial charge in [0.25, 0.3) is 0 Å². The van der Waals surface area contributed by atoms with E-state index in [0.29, 0.717) is 11.2 Å². The maximum Gasteiger partial charge on any atom is 0.238 e. The minimum Gasteiger partial charge on any atom is -0.352 e. The molecule has 0 aliphatic heterocycles. The minimum absolute atomic E-state index is 0.00756. The fourth-order valence-electron chi connectivity index (χ4n) is 3.11. The molecule has 1 aromatic heterocycles. The van der Waals surface area contributed by atoms with Gasteiger partial charge in [-0.05, 0) is 59.4 Å². The van der Waals surface area contributed by atoms with Crippen LogP contribution in [0.1, 0.15) is 49.0 Å². The van der Waals surface area contributed by atoms with Crippen LogP contribution in [0.3, 0.4) is 0 Å². The summed E-state index contributed by atoms with van der Waals surface area (Å²) in [6.45, 7) is 2.20. The van der Waals surface area contributed by atoms with Gasteiger partial charge in [-0.3, -0.25) is 4.79 Å². The Balaban J connectivity index is 1.56. The normalized spacial score (nSPS) is 14.5. The molecule has 1 N–H and O–H groups in total. The van der Waals surface area contributed by atoms with Gasteiger partial charge in [-0.25, -0.2) is 0 Å². The second-order valence-electron chi connectivity index (χ2n) is 7.33. The molecule has 7 heteroatoms. The first-order chi connectivity index (χ1) is 14.2. The molecule has 0 bridgehead atoms. The van der Waals surface area contributed by atoms with Crippen molar-refractivity contribution in [1.29, 1.82) is 0 Å². The first-order valence-electron chi connectivity index (χ1n) is 10.1. The summed E-state index contributed by atoms with van der Waals surface area (Å²) in [4.78, 5) is 12.9. The van der Waals surface area contributed by atoms with Crippen LogP contribution in [0, 0.1) is 0 Å². The molecule has 1 amide bonds. The predicted molar refractivity (Wildman–Crippen MR) is 114 cm³/mol. The van der Waals surface area contributed by atoms with E-state index >= 15 is 0 Å². The highest BCUT2D eigenvalue weighted by atomic mass is 32.2. The zero-order valence-corrected chi connectivity index (χ0v) is 17.3. The summed E-state index contributed by atoms with van der Waals surface area (Å²) in [5, 5.41) is 15.5. The third-order valence-corrected chi connectivity index (χ3v) is 6.12. The summed E-state index contributed by atoms with van der Waals surface area (Å²) in [6.07, 6.45) is 5.55. The number of nitrogens with one attached hydrogen (secondary N) is 1. The van der Waals surface area contributed by atoms with E-state index in [1.807, 2.05) is 42.5 Å². The quantitative estimate of drug-likeness (QED) is 0.540. The molecular formula is C22H25N5OS. The van der Waals surface area contributed by atoms with Crippen LogP contribution in [0.5, 0.6) is 0 Å². The number of tetrazole rings is 1. The van der Waals surface area contributed by atoms with Crippen molar-refractivity contribution in [2.24, 2.45) is 0 Å². The second kappa shape index (κ2) is 9.22. The number of hydrogen-bond acceptors (Lipinski definition) is 5. The van der Waals surface area contributed by atoms with Crippen molar-refractivity contribution in [3.05, 3.63) is 65.7 Å². The van der Waals surface area contributed by atoms with E-state index in [1.54, 1.807) is 4.68 Å². The summed E-state index contributed by atoms with van der Waals surface area (Å²) >= 11 is 1.38. The SMILES string of the molecule is CCCCc1ccc(-n2nnnc2S[C@H](C(=O)NC2CC2)c2ccccc2)cc1. The highest BCUT2D eigenvalue weighted by molar-refractivity contribution is 8.00. The molecule has 1 saturated carbocycles. The zero-order chi connectivity index (χ0) is 20.1. The molecule has 0 radical (unpaired) electrons. The summed E-state index contributed by atoms with van der Waals surface area (Å²) in [5.74, 6) is 0.00756. The van der Waals surface area contributed by atoms with E-state index in [2.05, 4.69) is 39.9 Å². The number of unbranched alkanes of at least 4 members (excludes halogenated alkanes) is 1. The smallest absolute Gasteiger partial charge is 0.238 e. The van der Waals surface area contributed by atoms with Crippen LogP contribution in [-0.4, -0.2) is 32.2 Å². The van der Waals surface area contributed by atoms with Gasteiger partial charge in [-0.15, -0.1) is 5.10 Å². The van der Waals surface area contributed by atoms with E-state index in [1.165, 1.54) is 30.2 Å². The number of benzene rings is 2. The number of rotatable bonds is 9. The van der Waals surface area contributed by atoms with Crippen LogP contribution in [0.2, 0.25) is 0 Å². The van der Waals surface area contributed by atoms with Crippen molar-refractivity contribution in [2.45, 2.75) is 55.5 Å². The van der Waals surface area contributed by atoms with E-state index in [9.17, 15) is 4.79 Å². The average molecular weight is 408 g/mol. The van der Waals surface area contributed by atoms with Gasteiger partial charge in [0.15, 0.2) is 0 Å². The van der Waals surface area contributed by atoms with Crippen molar-refractivity contribution in [2.75, 3.05) is 0 Å². The van der Waals surface area contributed by atoms with Gasteiger partial charge in [0, 0.05) is 6.04 Å². The molecule has 0 unspecified atom stereocenters. The van der Waals surface area contributed by atoms with Crippen LogP contribution in [-0.2, 0) is 11.2 Å². The van der Waals surface area contributed by atoms with Gasteiger partial charge in [-0.2, -0.15) is 4.68 Å². The Morgan fingerprint density at radius 2 is 1.93 bits per heavy atom. The maximum absolute atomic E-state index is 12.9. The number of nitrogens with zero attached hydrogens (tertiary/aromatic N) is 4. The average Bonchev–Trinajstić information content (AvgIpc) is 3.45. The summed E-state index contributed by atoms with van der Waals surface area (Å²) in [6, 6.07) is 18.4. The number of thioether (sulfide) groups is 1.